The van der Waals surface area contributed by atoms with Crippen LogP contribution in [0.4, 0.5) is 16.2 Å². The molecule has 0 aliphatic carbocycles. The van der Waals surface area contributed by atoms with E-state index in [4.69, 9.17) is 26.8 Å². The maximum atomic E-state index is 13.5. The second-order valence-electron chi connectivity index (χ2n) is 7.81. The van der Waals surface area contributed by atoms with Gasteiger partial charge in [0.1, 0.15) is 5.57 Å². The molecule has 0 saturated carbocycles. The predicted molar refractivity (Wildman–Crippen MR) is 139 cm³/mol. The van der Waals surface area contributed by atoms with E-state index in [1.807, 2.05) is 0 Å². The summed E-state index contributed by atoms with van der Waals surface area (Å²) in [6, 6.07) is 18.8. The summed E-state index contributed by atoms with van der Waals surface area (Å²) in [7, 11) is 0. The Balaban J connectivity index is 1.83. The molecule has 188 valence electrons. The van der Waals surface area contributed by atoms with E-state index in [2.05, 4.69) is 0 Å². The predicted octanol–water partition coefficient (Wildman–Crippen LogP) is 4.19. The van der Waals surface area contributed by atoms with Crippen LogP contribution in [-0.4, -0.2) is 37.0 Å². The molecule has 1 saturated heterocycles. The van der Waals surface area contributed by atoms with Crippen molar-refractivity contribution in [3.05, 3.63) is 89.0 Å². The van der Waals surface area contributed by atoms with Gasteiger partial charge in [0.2, 0.25) is 0 Å². The normalized spacial score (nSPS) is 13.6. The average Bonchev–Trinajstić information content (AvgIpc) is 2.87. The number of hydrogen-bond donors (Lipinski definition) is 1. The van der Waals surface area contributed by atoms with E-state index in [9.17, 15) is 19.2 Å². The summed E-state index contributed by atoms with van der Waals surface area (Å²) in [5.74, 6) is -2.00. The van der Waals surface area contributed by atoms with Crippen LogP contribution in [-0.2, 0) is 14.4 Å². The van der Waals surface area contributed by atoms with Crippen molar-refractivity contribution >= 4 is 52.8 Å². The van der Waals surface area contributed by atoms with Gasteiger partial charge in [-0.2, -0.15) is 0 Å². The third-order valence-electron chi connectivity index (χ3n) is 5.28. The number of para-hydroxylation sites is 2. The minimum absolute atomic E-state index is 0.0747. The number of amides is 5. The number of halogens is 1. The molecule has 5 amide bonds. The van der Waals surface area contributed by atoms with Crippen LogP contribution in [0.25, 0.3) is 6.08 Å². The third-order valence-corrected chi connectivity index (χ3v) is 5.56. The number of imide groups is 2. The Labute approximate surface area is 217 Å². The molecule has 0 unspecified atom stereocenters. The molecule has 1 aliphatic rings. The van der Waals surface area contributed by atoms with Gasteiger partial charge in [-0.15, -0.1) is 0 Å². The van der Waals surface area contributed by atoms with Crippen LogP contribution in [0.2, 0.25) is 5.02 Å². The highest BCUT2D eigenvalue weighted by Gasteiger charge is 2.43. The fourth-order valence-electron chi connectivity index (χ4n) is 3.72. The van der Waals surface area contributed by atoms with E-state index in [-0.39, 0.29) is 28.7 Å². The zero-order chi connectivity index (χ0) is 26.5. The van der Waals surface area contributed by atoms with Gasteiger partial charge in [0.25, 0.3) is 17.7 Å². The van der Waals surface area contributed by atoms with Crippen molar-refractivity contribution in [2.45, 2.75) is 6.92 Å². The maximum Gasteiger partial charge on any atom is 0.343 e. The van der Waals surface area contributed by atoms with E-state index in [1.54, 1.807) is 67.6 Å². The first kappa shape index (κ1) is 25.5. The largest absolute Gasteiger partial charge is 0.490 e. The number of carbonyl (C=O) groups excluding carboxylic acids is 4. The summed E-state index contributed by atoms with van der Waals surface area (Å²) in [5, 5.41) is 0.0747. The minimum Gasteiger partial charge on any atom is -0.490 e. The first-order chi connectivity index (χ1) is 17.8. The van der Waals surface area contributed by atoms with Crippen molar-refractivity contribution in [2.24, 2.45) is 5.73 Å². The number of hydrogen-bond acceptors (Lipinski definition) is 6. The standard InChI is InChI=1S/C27H22ClN3O6/c1-2-36-22-15-17(14-21(28)24(22)37-16-23(29)32)13-20-25(33)30(18-9-5-3-6-10-18)27(35)31(26(20)34)19-11-7-4-8-12-19/h3-15H,2,16H2,1H3,(H2,29,32). The van der Waals surface area contributed by atoms with Gasteiger partial charge in [0.15, 0.2) is 18.1 Å². The number of anilines is 2. The second kappa shape index (κ2) is 11.0. The number of barbiturate groups is 1. The summed E-state index contributed by atoms with van der Waals surface area (Å²) in [6.45, 7) is 1.57. The first-order valence-corrected chi connectivity index (χ1v) is 11.6. The van der Waals surface area contributed by atoms with E-state index in [1.165, 1.54) is 18.2 Å². The SMILES string of the molecule is CCOc1cc(C=C2C(=O)N(c3ccccc3)C(=O)N(c3ccccc3)C2=O)cc(Cl)c1OCC(N)=O. The van der Waals surface area contributed by atoms with Crippen molar-refractivity contribution in [3.8, 4) is 11.5 Å². The molecule has 9 nitrogen and oxygen atoms in total. The molecule has 3 aromatic rings. The molecule has 2 N–H and O–H groups in total. The van der Waals surface area contributed by atoms with Gasteiger partial charge >= 0.3 is 6.03 Å². The molecule has 4 rings (SSSR count). The van der Waals surface area contributed by atoms with Gasteiger partial charge in [0, 0.05) is 0 Å². The highest BCUT2D eigenvalue weighted by Crippen LogP contribution is 2.38. The number of nitrogens with two attached hydrogens (primary N) is 1. The molecule has 37 heavy (non-hydrogen) atoms. The number of primary amides is 1. The van der Waals surface area contributed by atoms with E-state index in [0.717, 1.165) is 9.80 Å². The topological polar surface area (TPSA) is 119 Å². The molecule has 0 atom stereocenters. The number of ether oxygens (including phenoxy) is 2. The Kier molecular flexibility index (Phi) is 7.55. The Morgan fingerprint density at radius 1 is 0.892 bits per heavy atom. The van der Waals surface area contributed by atoms with Gasteiger partial charge in [-0.1, -0.05) is 48.0 Å². The fourth-order valence-corrected chi connectivity index (χ4v) is 4.00. The molecule has 3 aromatic carbocycles. The minimum atomic E-state index is -0.798. The van der Waals surface area contributed by atoms with Crippen LogP contribution in [0.15, 0.2) is 78.4 Å². The van der Waals surface area contributed by atoms with Crippen molar-refractivity contribution in [3.63, 3.8) is 0 Å². The lowest BCUT2D eigenvalue weighted by Crippen LogP contribution is -2.57. The molecule has 0 aromatic heterocycles. The average molecular weight is 520 g/mol. The molecule has 1 aliphatic heterocycles. The maximum absolute atomic E-state index is 13.5. The summed E-state index contributed by atoms with van der Waals surface area (Å²) >= 11 is 6.39. The van der Waals surface area contributed by atoms with Crippen LogP contribution in [0.1, 0.15) is 12.5 Å². The van der Waals surface area contributed by atoms with Crippen LogP contribution < -0.4 is 25.0 Å². The lowest BCUT2D eigenvalue weighted by molar-refractivity contribution is -0.121. The van der Waals surface area contributed by atoms with Gasteiger partial charge in [0.05, 0.1) is 23.0 Å². The Morgan fingerprint density at radius 3 is 1.92 bits per heavy atom. The van der Waals surface area contributed by atoms with E-state index < -0.39 is 30.4 Å². The van der Waals surface area contributed by atoms with E-state index in [0.29, 0.717) is 16.9 Å². The summed E-state index contributed by atoms with van der Waals surface area (Å²) in [6.07, 6.45) is 1.33. The fraction of sp³-hybridized carbons (Fsp3) is 0.111. The summed E-state index contributed by atoms with van der Waals surface area (Å²) in [5.41, 5.74) is 5.85. The van der Waals surface area contributed by atoms with Crippen LogP contribution in [0, 0.1) is 0 Å². The van der Waals surface area contributed by atoms with Gasteiger partial charge in [-0.3, -0.25) is 14.4 Å². The van der Waals surface area contributed by atoms with Crippen molar-refractivity contribution in [1.29, 1.82) is 0 Å². The van der Waals surface area contributed by atoms with Crippen LogP contribution in [0.3, 0.4) is 0 Å². The highest BCUT2D eigenvalue weighted by atomic mass is 35.5. The first-order valence-electron chi connectivity index (χ1n) is 11.2. The Bertz CT molecular complexity index is 1330. The number of benzene rings is 3. The third kappa shape index (κ3) is 5.31. The molecule has 0 spiro atoms. The lowest BCUT2D eigenvalue weighted by atomic mass is 10.0. The van der Waals surface area contributed by atoms with Crippen molar-refractivity contribution in [2.75, 3.05) is 23.0 Å². The number of nitrogens with zero attached hydrogens (tertiary/aromatic N) is 2. The zero-order valence-electron chi connectivity index (χ0n) is 19.7. The number of rotatable bonds is 8. The Morgan fingerprint density at radius 2 is 1.43 bits per heavy atom. The smallest absolute Gasteiger partial charge is 0.343 e. The van der Waals surface area contributed by atoms with E-state index >= 15 is 0 Å². The zero-order valence-corrected chi connectivity index (χ0v) is 20.5. The van der Waals surface area contributed by atoms with Crippen LogP contribution in [0.5, 0.6) is 11.5 Å². The molecule has 0 radical (unpaired) electrons. The molecular weight excluding hydrogens is 498 g/mol. The van der Waals surface area contributed by atoms with Crippen molar-refractivity contribution < 1.29 is 28.7 Å². The summed E-state index contributed by atoms with van der Waals surface area (Å²) in [4.78, 5) is 53.5. The molecule has 10 heteroatoms. The molecule has 1 heterocycles. The van der Waals surface area contributed by atoms with Crippen LogP contribution >= 0.6 is 11.6 Å². The number of carbonyl (C=O) groups is 4. The van der Waals surface area contributed by atoms with Crippen molar-refractivity contribution in [1.82, 2.24) is 0 Å². The number of urea groups is 1. The summed E-state index contributed by atoms with van der Waals surface area (Å²) < 4.78 is 11.0. The lowest BCUT2D eigenvalue weighted by Gasteiger charge is -2.34. The van der Waals surface area contributed by atoms with Gasteiger partial charge in [-0.25, -0.2) is 14.6 Å². The monoisotopic (exact) mass is 519 g/mol. The quantitative estimate of drug-likeness (QED) is 0.352. The molecule has 0 bridgehead atoms. The van der Waals surface area contributed by atoms with Gasteiger partial charge in [-0.05, 0) is 55.0 Å². The Hall–Kier alpha value is -4.63. The highest BCUT2D eigenvalue weighted by molar-refractivity contribution is 6.46. The second-order valence-corrected chi connectivity index (χ2v) is 8.22. The molecular formula is C27H22ClN3O6. The molecule has 1 fully saturated rings. The van der Waals surface area contributed by atoms with Gasteiger partial charge < -0.3 is 15.2 Å².